The van der Waals surface area contributed by atoms with E-state index in [-0.39, 0.29) is 12.0 Å². The first kappa shape index (κ1) is 15.8. The predicted molar refractivity (Wildman–Crippen MR) is 77.9 cm³/mol. The maximum absolute atomic E-state index is 11.7. The van der Waals surface area contributed by atoms with Crippen LogP contribution in [0.2, 0.25) is 0 Å². The van der Waals surface area contributed by atoms with Crippen molar-refractivity contribution in [2.45, 2.75) is 26.2 Å². The van der Waals surface area contributed by atoms with Crippen LogP contribution < -0.4 is 21.1 Å². The smallest absolute Gasteiger partial charge is 0.319 e. The molecular formula is C14H21N3O3. The van der Waals surface area contributed by atoms with Gasteiger partial charge in [0.05, 0.1) is 19.3 Å². The zero-order valence-corrected chi connectivity index (χ0v) is 12.2. The molecule has 0 aliphatic rings. The molecule has 0 spiro atoms. The summed E-state index contributed by atoms with van der Waals surface area (Å²) in [4.78, 5) is 22.3. The van der Waals surface area contributed by atoms with Crippen molar-refractivity contribution < 1.29 is 14.3 Å². The highest BCUT2D eigenvalue weighted by atomic mass is 16.5. The van der Waals surface area contributed by atoms with Crippen molar-refractivity contribution in [2.24, 2.45) is 5.73 Å². The van der Waals surface area contributed by atoms with Gasteiger partial charge in [0.1, 0.15) is 5.75 Å². The number of carbonyl (C=O) groups excluding carboxylic acids is 2. The van der Waals surface area contributed by atoms with Crippen molar-refractivity contribution in [1.82, 2.24) is 5.32 Å². The largest absolute Gasteiger partial charge is 0.495 e. The number of ether oxygens (including phenoxy) is 1. The molecule has 3 amide bonds. The fourth-order valence-corrected chi connectivity index (χ4v) is 1.61. The first-order valence-corrected chi connectivity index (χ1v) is 6.25. The zero-order chi connectivity index (χ0) is 15.3. The van der Waals surface area contributed by atoms with E-state index >= 15 is 0 Å². The number of rotatable bonds is 4. The predicted octanol–water partition coefficient (Wildman–Crippen LogP) is 1.60. The van der Waals surface area contributed by atoms with Crippen LogP contribution in [0.4, 0.5) is 10.5 Å². The fourth-order valence-electron chi connectivity index (χ4n) is 1.61. The zero-order valence-electron chi connectivity index (χ0n) is 12.2. The molecule has 6 nitrogen and oxygen atoms in total. The Hall–Kier alpha value is -2.24. The number of nitrogens with one attached hydrogen (secondary N) is 2. The summed E-state index contributed by atoms with van der Waals surface area (Å²) >= 11 is 0. The van der Waals surface area contributed by atoms with Gasteiger partial charge < -0.3 is 21.1 Å². The number of nitrogens with two attached hydrogens (primary N) is 1. The summed E-state index contributed by atoms with van der Waals surface area (Å²) in [5.74, 6) is -0.0530. The third-order valence-electron chi connectivity index (χ3n) is 2.74. The Morgan fingerprint density at radius 3 is 2.45 bits per heavy atom. The molecule has 1 rings (SSSR count). The number of carbonyl (C=O) groups is 2. The molecule has 0 bridgehead atoms. The Kier molecular flexibility index (Phi) is 4.96. The van der Waals surface area contributed by atoms with Crippen LogP contribution in [0.1, 0.15) is 26.3 Å². The summed E-state index contributed by atoms with van der Waals surface area (Å²) in [7, 11) is 1.53. The average Bonchev–Trinajstić information content (AvgIpc) is 2.35. The van der Waals surface area contributed by atoms with Crippen molar-refractivity contribution in [3.63, 3.8) is 0 Å². The van der Waals surface area contributed by atoms with Crippen molar-refractivity contribution in [1.29, 1.82) is 0 Å². The highest BCUT2D eigenvalue weighted by Crippen LogP contribution is 2.31. The van der Waals surface area contributed by atoms with Crippen molar-refractivity contribution >= 4 is 17.6 Å². The molecule has 20 heavy (non-hydrogen) atoms. The van der Waals surface area contributed by atoms with Crippen LogP contribution in [0, 0.1) is 0 Å². The number of urea groups is 1. The van der Waals surface area contributed by atoms with Crippen molar-refractivity contribution in [3.05, 3.63) is 23.8 Å². The number of amides is 3. The SMILES string of the molecule is COc1ccc(C(C)(C)C)cc1NC(=O)NCC(N)=O. The van der Waals surface area contributed by atoms with E-state index in [1.54, 1.807) is 6.07 Å². The second-order valence-corrected chi connectivity index (χ2v) is 5.44. The highest BCUT2D eigenvalue weighted by molar-refractivity contribution is 5.93. The normalized spacial score (nSPS) is 10.8. The van der Waals surface area contributed by atoms with Gasteiger partial charge >= 0.3 is 6.03 Å². The molecule has 0 atom stereocenters. The van der Waals surface area contributed by atoms with Gasteiger partial charge in [-0.15, -0.1) is 0 Å². The van der Waals surface area contributed by atoms with E-state index in [2.05, 4.69) is 31.4 Å². The second kappa shape index (κ2) is 6.27. The van der Waals surface area contributed by atoms with Crippen LogP contribution in [-0.4, -0.2) is 25.6 Å². The van der Waals surface area contributed by atoms with E-state index < -0.39 is 11.9 Å². The Morgan fingerprint density at radius 1 is 1.30 bits per heavy atom. The summed E-state index contributed by atoms with van der Waals surface area (Å²) < 4.78 is 5.21. The lowest BCUT2D eigenvalue weighted by atomic mass is 9.87. The summed E-state index contributed by atoms with van der Waals surface area (Å²) in [6, 6.07) is 5.09. The molecule has 0 aliphatic carbocycles. The standard InChI is InChI=1S/C14H21N3O3/c1-14(2,3)9-5-6-11(20-4)10(7-9)17-13(19)16-8-12(15)18/h5-7H,8H2,1-4H3,(H2,15,18)(H2,16,17,19). The van der Waals surface area contributed by atoms with E-state index in [0.29, 0.717) is 11.4 Å². The Labute approximate surface area is 118 Å². The van der Waals surface area contributed by atoms with Crippen LogP contribution in [-0.2, 0) is 10.2 Å². The second-order valence-electron chi connectivity index (χ2n) is 5.44. The minimum atomic E-state index is -0.601. The fraction of sp³-hybridized carbons (Fsp3) is 0.429. The maximum Gasteiger partial charge on any atom is 0.319 e. The first-order chi connectivity index (χ1) is 9.24. The molecule has 0 aromatic heterocycles. The molecule has 110 valence electrons. The summed E-state index contributed by atoms with van der Waals surface area (Å²) in [6.45, 7) is 6.01. The number of benzene rings is 1. The lowest BCUT2D eigenvalue weighted by Gasteiger charge is -2.21. The highest BCUT2D eigenvalue weighted by Gasteiger charge is 2.17. The quantitative estimate of drug-likeness (QED) is 0.781. The number of methoxy groups -OCH3 is 1. The number of anilines is 1. The average molecular weight is 279 g/mol. The summed E-state index contributed by atoms with van der Waals surface area (Å²) in [5.41, 5.74) is 6.52. The summed E-state index contributed by atoms with van der Waals surface area (Å²) in [5, 5.41) is 5.01. The third kappa shape index (κ3) is 4.46. The van der Waals surface area contributed by atoms with Gasteiger partial charge in [-0.1, -0.05) is 26.8 Å². The molecule has 0 saturated heterocycles. The van der Waals surface area contributed by atoms with E-state index in [1.165, 1.54) is 7.11 Å². The van der Waals surface area contributed by atoms with Crippen LogP contribution in [0.3, 0.4) is 0 Å². The molecule has 6 heteroatoms. The van der Waals surface area contributed by atoms with Crippen LogP contribution in [0.15, 0.2) is 18.2 Å². The lowest BCUT2D eigenvalue weighted by Crippen LogP contribution is -2.36. The Balaban J connectivity index is 2.91. The number of primary amides is 1. The van der Waals surface area contributed by atoms with Crippen LogP contribution in [0.5, 0.6) is 5.75 Å². The molecule has 0 heterocycles. The molecule has 0 aliphatic heterocycles. The van der Waals surface area contributed by atoms with Gasteiger partial charge in [-0.05, 0) is 23.1 Å². The minimum absolute atomic E-state index is 0.0492. The third-order valence-corrected chi connectivity index (χ3v) is 2.74. The number of hydrogen-bond acceptors (Lipinski definition) is 3. The number of hydrogen-bond donors (Lipinski definition) is 3. The minimum Gasteiger partial charge on any atom is -0.495 e. The van der Waals surface area contributed by atoms with Gasteiger partial charge in [0.25, 0.3) is 0 Å². The van der Waals surface area contributed by atoms with Crippen LogP contribution >= 0.6 is 0 Å². The molecule has 0 radical (unpaired) electrons. The maximum atomic E-state index is 11.7. The van der Waals surface area contributed by atoms with Crippen molar-refractivity contribution in [2.75, 3.05) is 19.0 Å². The Morgan fingerprint density at radius 2 is 1.95 bits per heavy atom. The lowest BCUT2D eigenvalue weighted by molar-refractivity contribution is -0.117. The van der Waals surface area contributed by atoms with E-state index in [0.717, 1.165) is 5.56 Å². The van der Waals surface area contributed by atoms with E-state index in [4.69, 9.17) is 10.5 Å². The van der Waals surface area contributed by atoms with Gasteiger partial charge in [0, 0.05) is 0 Å². The topological polar surface area (TPSA) is 93.4 Å². The molecule has 1 aromatic carbocycles. The Bertz CT molecular complexity index is 507. The molecule has 1 aromatic rings. The molecular weight excluding hydrogens is 258 g/mol. The molecule has 4 N–H and O–H groups in total. The molecule has 0 unspecified atom stereocenters. The monoisotopic (exact) mass is 279 g/mol. The van der Waals surface area contributed by atoms with Gasteiger partial charge in [-0.3, -0.25) is 4.79 Å². The van der Waals surface area contributed by atoms with E-state index in [9.17, 15) is 9.59 Å². The van der Waals surface area contributed by atoms with Gasteiger partial charge in [0.15, 0.2) is 0 Å². The molecule has 0 fully saturated rings. The first-order valence-electron chi connectivity index (χ1n) is 6.25. The van der Waals surface area contributed by atoms with E-state index in [1.807, 2.05) is 12.1 Å². The summed E-state index contributed by atoms with van der Waals surface area (Å²) in [6.07, 6.45) is 0. The van der Waals surface area contributed by atoms with Gasteiger partial charge in [0.2, 0.25) is 5.91 Å². The van der Waals surface area contributed by atoms with Gasteiger partial charge in [-0.25, -0.2) is 4.79 Å². The van der Waals surface area contributed by atoms with Gasteiger partial charge in [-0.2, -0.15) is 0 Å². The van der Waals surface area contributed by atoms with Crippen LogP contribution in [0.25, 0.3) is 0 Å². The molecule has 0 saturated carbocycles. The van der Waals surface area contributed by atoms with Crippen molar-refractivity contribution in [3.8, 4) is 5.75 Å².